The molecule has 3 rings (SSSR count). The fraction of sp³-hybridized carbons (Fsp3) is 0.435. The molecule has 29 heavy (non-hydrogen) atoms. The van der Waals surface area contributed by atoms with Crippen LogP contribution in [0.1, 0.15) is 27.5 Å². The molecule has 2 aromatic carbocycles. The summed E-state index contributed by atoms with van der Waals surface area (Å²) in [6.45, 7) is 6.32. The molecule has 0 bridgehead atoms. The van der Waals surface area contributed by atoms with Gasteiger partial charge in [-0.1, -0.05) is 29.8 Å². The van der Waals surface area contributed by atoms with Gasteiger partial charge in [-0.25, -0.2) is 0 Å². The number of hydrogen-bond donors (Lipinski definition) is 1. The zero-order valence-corrected chi connectivity index (χ0v) is 17.4. The molecule has 0 aromatic heterocycles. The van der Waals surface area contributed by atoms with Crippen molar-refractivity contribution in [2.45, 2.75) is 13.0 Å². The number of Topliss-reactive ketones (excluding diaryl/α,β-unsaturated/α-hetero) is 1. The second kappa shape index (κ2) is 10.4. The van der Waals surface area contributed by atoms with Crippen LogP contribution in [0.5, 0.6) is 11.5 Å². The first kappa shape index (κ1) is 21.3. The van der Waals surface area contributed by atoms with Crippen molar-refractivity contribution in [2.24, 2.45) is 0 Å². The molecular weight excluding hydrogens is 368 g/mol. The number of nitrogens with one attached hydrogen (secondary N) is 1. The van der Waals surface area contributed by atoms with Gasteiger partial charge in [-0.3, -0.25) is 9.69 Å². The van der Waals surface area contributed by atoms with Crippen molar-refractivity contribution in [1.29, 1.82) is 0 Å². The van der Waals surface area contributed by atoms with E-state index in [0.717, 1.165) is 26.3 Å². The maximum atomic E-state index is 12.7. The SMILES string of the molecule is COc1ccc(C(=O)CNCC(c2ccc(C)cc2)N2CCOCC2)cc1OC. The molecule has 1 aliphatic heterocycles. The summed E-state index contributed by atoms with van der Waals surface area (Å²) in [5, 5.41) is 3.36. The highest BCUT2D eigenvalue weighted by Gasteiger charge is 2.22. The lowest BCUT2D eigenvalue weighted by Crippen LogP contribution is -2.43. The van der Waals surface area contributed by atoms with Crippen LogP contribution in [0.3, 0.4) is 0 Å². The second-order valence-electron chi connectivity index (χ2n) is 7.20. The predicted octanol–water partition coefficient (Wildman–Crippen LogP) is 2.86. The molecule has 0 amide bonds. The predicted molar refractivity (Wildman–Crippen MR) is 113 cm³/mol. The maximum absolute atomic E-state index is 12.7. The van der Waals surface area contributed by atoms with E-state index in [1.807, 2.05) is 0 Å². The van der Waals surface area contributed by atoms with Gasteiger partial charge in [-0.15, -0.1) is 0 Å². The van der Waals surface area contributed by atoms with Crippen LogP contribution in [0.15, 0.2) is 42.5 Å². The minimum Gasteiger partial charge on any atom is -0.493 e. The van der Waals surface area contributed by atoms with Gasteiger partial charge in [0.05, 0.1) is 34.0 Å². The van der Waals surface area contributed by atoms with Crippen LogP contribution in [0.25, 0.3) is 0 Å². The Balaban J connectivity index is 1.64. The van der Waals surface area contributed by atoms with Crippen LogP contribution >= 0.6 is 0 Å². The van der Waals surface area contributed by atoms with Gasteiger partial charge in [0, 0.05) is 31.2 Å². The molecule has 0 radical (unpaired) electrons. The van der Waals surface area contributed by atoms with E-state index in [1.165, 1.54) is 11.1 Å². The van der Waals surface area contributed by atoms with E-state index >= 15 is 0 Å². The summed E-state index contributed by atoms with van der Waals surface area (Å²) >= 11 is 0. The van der Waals surface area contributed by atoms with Crippen molar-refractivity contribution in [2.75, 3.05) is 53.6 Å². The highest BCUT2D eigenvalue weighted by Crippen LogP contribution is 2.27. The van der Waals surface area contributed by atoms with E-state index in [-0.39, 0.29) is 18.4 Å². The standard InChI is InChI=1S/C23H30N2O4/c1-17-4-6-18(7-5-17)20(25-10-12-29-13-11-25)15-24-16-21(26)19-8-9-22(27-2)23(14-19)28-3/h4-9,14,20,24H,10-13,15-16H2,1-3H3. The smallest absolute Gasteiger partial charge is 0.176 e. The third-order valence-electron chi connectivity index (χ3n) is 5.28. The number of ketones is 1. The number of rotatable bonds is 9. The van der Waals surface area contributed by atoms with E-state index in [0.29, 0.717) is 23.6 Å². The molecule has 1 aliphatic rings. The lowest BCUT2D eigenvalue weighted by molar-refractivity contribution is 0.0162. The Morgan fingerprint density at radius 1 is 1.07 bits per heavy atom. The van der Waals surface area contributed by atoms with Crippen LogP contribution in [0.2, 0.25) is 0 Å². The molecular formula is C23H30N2O4. The lowest BCUT2D eigenvalue weighted by atomic mass is 10.0. The minimum atomic E-state index is 0.0237. The molecule has 1 heterocycles. The van der Waals surface area contributed by atoms with Crippen molar-refractivity contribution < 1.29 is 19.0 Å². The normalized spacial score (nSPS) is 15.7. The number of hydrogen-bond acceptors (Lipinski definition) is 6. The number of carbonyl (C=O) groups is 1. The second-order valence-corrected chi connectivity index (χ2v) is 7.20. The van der Waals surface area contributed by atoms with Gasteiger partial charge in [0.15, 0.2) is 17.3 Å². The van der Waals surface area contributed by atoms with E-state index in [1.54, 1.807) is 32.4 Å². The highest BCUT2D eigenvalue weighted by atomic mass is 16.5. The third kappa shape index (κ3) is 5.56. The zero-order valence-electron chi connectivity index (χ0n) is 17.4. The first-order chi connectivity index (χ1) is 14.1. The van der Waals surface area contributed by atoms with E-state index in [4.69, 9.17) is 14.2 Å². The van der Waals surface area contributed by atoms with Crippen LogP contribution in [0, 0.1) is 6.92 Å². The summed E-state index contributed by atoms with van der Waals surface area (Å²) in [4.78, 5) is 15.1. The Labute approximate surface area is 172 Å². The van der Waals surface area contributed by atoms with Crippen molar-refractivity contribution >= 4 is 5.78 Å². The molecule has 6 nitrogen and oxygen atoms in total. The maximum Gasteiger partial charge on any atom is 0.176 e. The number of nitrogens with zero attached hydrogens (tertiary/aromatic N) is 1. The summed E-state index contributed by atoms with van der Waals surface area (Å²) in [6.07, 6.45) is 0. The molecule has 1 unspecified atom stereocenters. The quantitative estimate of drug-likeness (QED) is 0.656. The summed E-state index contributed by atoms with van der Waals surface area (Å²) < 4.78 is 16.0. The number of benzene rings is 2. The molecule has 6 heteroatoms. The third-order valence-corrected chi connectivity index (χ3v) is 5.28. The monoisotopic (exact) mass is 398 g/mol. The Hall–Kier alpha value is -2.41. The van der Waals surface area contributed by atoms with Crippen molar-refractivity contribution in [3.05, 3.63) is 59.2 Å². The molecule has 1 fully saturated rings. The van der Waals surface area contributed by atoms with Gasteiger partial charge in [0.25, 0.3) is 0 Å². The van der Waals surface area contributed by atoms with Gasteiger partial charge >= 0.3 is 0 Å². The molecule has 0 aliphatic carbocycles. The van der Waals surface area contributed by atoms with Crippen molar-refractivity contribution in [1.82, 2.24) is 10.2 Å². The van der Waals surface area contributed by atoms with Crippen LogP contribution < -0.4 is 14.8 Å². The van der Waals surface area contributed by atoms with E-state index in [9.17, 15) is 4.79 Å². The zero-order chi connectivity index (χ0) is 20.6. The van der Waals surface area contributed by atoms with Crippen LogP contribution in [-0.2, 0) is 4.74 Å². The average molecular weight is 399 g/mol. The number of methoxy groups -OCH3 is 2. The first-order valence-electron chi connectivity index (χ1n) is 9.96. The number of ether oxygens (including phenoxy) is 3. The van der Waals surface area contributed by atoms with Crippen LogP contribution in [0.4, 0.5) is 0 Å². The molecule has 1 N–H and O–H groups in total. The largest absolute Gasteiger partial charge is 0.493 e. The number of carbonyl (C=O) groups excluding carboxylic acids is 1. The molecule has 0 saturated carbocycles. The van der Waals surface area contributed by atoms with Crippen molar-refractivity contribution in [3.8, 4) is 11.5 Å². The summed E-state index contributed by atoms with van der Waals surface area (Å²) in [7, 11) is 3.15. The first-order valence-corrected chi connectivity index (χ1v) is 9.96. The average Bonchev–Trinajstić information content (AvgIpc) is 2.77. The van der Waals surface area contributed by atoms with Gasteiger partial charge in [0.2, 0.25) is 0 Å². The Morgan fingerprint density at radius 3 is 2.41 bits per heavy atom. The molecule has 156 valence electrons. The molecule has 2 aromatic rings. The number of aryl methyl sites for hydroxylation is 1. The molecule has 0 spiro atoms. The van der Waals surface area contributed by atoms with Crippen LogP contribution in [-0.4, -0.2) is 64.3 Å². The summed E-state index contributed by atoms with van der Waals surface area (Å²) in [6, 6.07) is 14.1. The van der Waals surface area contributed by atoms with E-state index < -0.39 is 0 Å². The van der Waals surface area contributed by atoms with Gasteiger partial charge in [0.1, 0.15) is 0 Å². The topological polar surface area (TPSA) is 60.0 Å². The van der Waals surface area contributed by atoms with Crippen molar-refractivity contribution in [3.63, 3.8) is 0 Å². The van der Waals surface area contributed by atoms with Gasteiger partial charge in [-0.05, 0) is 30.7 Å². The van der Waals surface area contributed by atoms with Gasteiger partial charge in [-0.2, -0.15) is 0 Å². The highest BCUT2D eigenvalue weighted by molar-refractivity contribution is 5.98. The summed E-state index contributed by atoms with van der Waals surface area (Å²) in [5.41, 5.74) is 3.10. The van der Waals surface area contributed by atoms with Gasteiger partial charge < -0.3 is 19.5 Å². The lowest BCUT2D eigenvalue weighted by Gasteiger charge is -2.35. The molecule has 1 saturated heterocycles. The Morgan fingerprint density at radius 2 is 1.76 bits per heavy atom. The van der Waals surface area contributed by atoms with E-state index in [2.05, 4.69) is 41.4 Å². The minimum absolute atomic E-state index is 0.0237. The Bertz CT molecular complexity index is 801. The Kier molecular flexibility index (Phi) is 7.63. The molecule has 1 atom stereocenters. The fourth-order valence-corrected chi connectivity index (χ4v) is 3.57. The number of morpholine rings is 1. The fourth-order valence-electron chi connectivity index (χ4n) is 3.57. The summed E-state index contributed by atoms with van der Waals surface area (Å²) in [5.74, 6) is 1.20.